The molecule has 0 aliphatic heterocycles. The summed E-state index contributed by atoms with van der Waals surface area (Å²) >= 11 is 0. The van der Waals surface area contributed by atoms with Crippen molar-refractivity contribution in [2.75, 3.05) is 13.4 Å². The van der Waals surface area contributed by atoms with E-state index in [-0.39, 0.29) is 5.97 Å². The minimum absolute atomic E-state index is 0.134. The van der Waals surface area contributed by atoms with Gasteiger partial charge in [0.1, 0.15) is 5.75 Å². The molecule has 1 saturated carbocycles. The van der Waals surface area contributed by atoms with Crippen LogP contribution in [0.3, 0.4) is 0 Å². The molecule has 0 bridgehead atoms. The summed E-state index contributed by atoms with van der Waals surface area (Å²) in [5.74, 6) is 1.08. The minimum atomic E-state index is -3.48. The maximum absolute atomic E-state index is 11.3. The van der Waals surface area contributed by atoms with Gasteiger partial charge in [-0.05, 0) is 55.2 Å². The number of benzene rings is 1. The first-order chi connectivity index (χ1) is 10.4. The van der Waals surface area contributed by atoms with Gasteiger partial charge in [-0.2, -0.15) is 8.42 Å². The number of rotatable bonds is 5. The molecule has 0 N–H and O–H groups in total. The molecule has 22 heavy (non-hydrogen) atoms. The van der Waals surface area contributed by atoms with Crippen molar-refractivity contribution in [3.8, 4) is 5.75 Å². The zero-order valence-corrected chi connectivity index (χ0v) is 13.8. The van der Waals surface area contributed by atoms with Crippen LogP contribution in [0.2, 0.25) is 0 Å². The van der Waals surface area contributed by atoms with Gasteiger partial charge in [0.2, 0.25) is 0 Å². The van der Waals surface area contributed by atoms with Crippen molar-refractivity contribution in [3.05, 3.63) is 29.8 Å². The molecule has 1 aliphatic carbocycles. The number of esters is 1. The second-order valence-electron chi connectivity index (χ2n) is 5.85. The third-order valence-corrected chi connectivity index (χ3v) is 4.62. The van der Waals surface area contributed by atoms with Crippen molar-refractivity contribution in [2.24, 2.45) is 5.92 Å². The zero-order chi connectivity index (χ0) is 16.2. The second-order valence-corrected chi connectivity index (χ2v) is 7.43. The lowest BCUT2D eigenvalue weighted by Gasteiger charge is -2.28. The van der Waals surface area contributed by atoms with E-state index in [1.165, 1.54) is 12.7 Å². The second kappa shape index (κ2) is 7.13. The van der Waals surface area contributed by atoms with Crippen LogP contribution in [-0.2, 0) is 19.6 Å². The van der Waals surface area contributed by atoms with E-state index in [9.17, 15) is 13.2 Å². The van der Waals surface area contributed by atoms with E-state index >= 15 is 0 Å². The largest absolute Gasteiger partial charge is 0.469 e. The van der Waals surface area contributed by atoms with Gasteiger partial charge >= 0.3 is 16.1 Å². The molecule has 0 amide bonds. The van der Waals surface area contributed by atoms with Gasteiger partial charge in [0, 0.05) is 6.42 Å². The van der Waals surface area contributed by atoms with Gasteiger partial charge in [-0.3, -0.25) is 4.79 Å². The molecule has 5 nitrogen and oxygen atoms in total. The van der Waals surface area contributed by atoms with Crippen LogP contribution in [-0.4, -0.2) is 27.8 Å². The van der Waals surface area contributed by atoms with Crippen LogP contribution in [0.5, 0.6) is 5.75 Å². The van der Waals surface area contributed by atoms with Gasteiger partial charge < -0.3 is 8.92 Å². The highest BCUT2D eigenvalue weighted by molar-refractivity contribution is 7.86. The lowest BCUT2D eigenvalue weighted by atomic mass is 9.77. The van der Waals surface area contributed by atoms with E-state index in [1.807, 2.05) is 12.1 Å². The number of ether oxygens (including phenoxy) is 1. The van der Waals surface area contributed by atoms with Gasteiger partial charge in [0.15, 0.2) is 0 Å². The first-order valence-electron chi connectivity index (χ1n) is 7.43. The Morgan fingerprint density at radius 2 is 1.73 bits per heavy atom. The van der Waals surface area contributed by atoms with Crippen molar-refractivity contribution >= 4 is 16.1 Å². The Kier molecular flexibility index (Phi) is 5.45. The van der Waals surface area contributed by atoms with Crippen LogP contribution >= 0.6 is 0 Å². The maximum Gasteiger partial charge on any atom is 0.306 e. The van der Waals surface area contributed by atoms with Gasteiger partial charge in [0.25, 0.3) is 0 Å². The summed E-state index contributed by atoms with van der Waals surface area (Å²) in [6.45, 7) is 0. The Labute approximate surface area is 131 Å². The van der Waals surface area contributed by atoms with Gasteiger partial charge in [-0.1, -0.05) is 12.1 Å². The fourth-order valence-corrected chi connectivity index (χ4v) is 3.45. The molecule has 1 aromatic rings. The summed E-state index contributed by atoms with van der Waals surface area (Å²) in [7, 11) is -2.06. The Balaban J connectivity index is 1.90. The molecule has 1 aromatic carbocycles. The molecule has 6 heteroatoms. The summed E-state index contributed by atoms with van der Waals surface area (Å²) in [6, 6.07) is 7.23. The van der Waals surface area contributed by atoms with Crippen molar-refractivity contribution in [1.29, 1.82) is 0 Å². The highest BCUT2D eigenvalue weighted by Gasteiger charge is 2.24. The lowest BCUT2D eigenvalue weighted by molar-refractivity contribution is -0.142. The van der Waals surface area contributed by atoms with Crippen LogP contribution in [0.25, 0.3) is 0 Å². The fourth-order valence-electron chi connectivity index (χ4n) is 2.99. The smallest absolute Gasteiger partial charge is 0.306 e. The molecule has 0 aromatic heterocycles. The van der Waals surface area contributed by atoms with Gasteiger partial charge in [-0.25, -0.2) is 0 Å². The number of carbonyl (C=O) groups is 1. The van der Waals surface area contributed by atoms with Crippen LogP contribution in [0.4, 0.5) is 0 Å². The van der Waals surface area contributed by atoms with Crippen LogP contribution in [0.1, 0.15) is 43.6 Å². The molecule has 122 valence electrons. The monoisotopic (exact) mass is 326 g/mol. The molecule has 0 saturated heterocycles. The molecule has 0 unspecified atom stereocenters. The number of hydrogen-bond acceptors (Lipinski definition) is 5. The molecule has 0 spiro atoms. The van der Waals surface area contributed by atoms with Crippen LogP contribution in [0.15, 0.2) is 24.3 Å². The quantitative estimate of drug-likeness (QED) is 0.615. The predicted octanol–water partition coefficient (Wildman–Crippen LogP) is 2.86. The topological polar surface area (TPSA) is 69.7 Å². The molecule has 0 atom stereocenters. The average molecular weight is 326 g/mol. The Morgan fingerprint density at radius 3 is 2.23 bits per heavy atom. The van der Waals surface area contributed by atoms with Crippen molar-refractivity contribution in [1.82, 2.24) is 0 Å². The standard InChI is InChI=1S/C16H22O5S/c1-20-16(17)11-12-3-5-13(6-4-12)14-7-9-15(10-8-14)21-22(2,18)19/h7-10,12-13H,3-6,11H2,1-2H3. The summed E-state index contributed by atoms with van der Waals surface area (Å²) < 4.78 is 31.7. The van der Waals surface area contributed by atoms with E-state index in [1.54, 1.807) is 12.1 Å². The number of carbonyl (C=O) groups excluding carboxylic acids is 1. The first-order valence-corrected chi connectivity index (χ1v) is 9.25. The maximum atomic E-state index is 11.3. The van der Waals surface area contributed by atoms with Crippen LogP contribution in [0, 0.1) is 5.92 Å². The molecular formula is C16H22O5S. The SMILES string of the molecule is COC(=O)CC1CCC(c2ccc(OS(C)(=O)=O)cc2)CC1. The van der Waals surface area contributed by atoms with E-state index in [0.717, 1.165) is 31.9 Å². The predicted molar refractivity (Wildman–Crippen MR) is 83.2 cm³/mol. The lowest BCUT2D eigenvalue weighted by Crippen LogP contribution is -2.17. The van der Waals surface area contributed by atoms with Crippen molar-refractivity contribution < 1.29 is 22.1 Å². The van der Waals surface area contributed by atoms with E-state index in [0.29, 0.717) is 24.0 Å². The average Bonchev–Trinajstić information content (AvgIpc) is 2.47. The van der Waals surface area contributed by atoms with Crippen molar-refractivity contribution in [3.63, 3.8) is 0 Å². The molecular weight excluding hydrogens is 304 g/mol. The van der Waals surface area contributed by atoms with E-state index in [4.69, 9.17) is 8.92 Å². The van der Waals surface area contributed by atoms with Gasteiger partial charge in [-0.15, -0.1) is 0 Å². The van der Waals surface area contributed by atoms with E-state index < -0.39 is 10.1 Å². The van der Waals surface area contributed by atoms with Crippen LogP contribution < -0.4 is 4.18 Å². The molecule has 1 aliphatic rings. The van der Waals surface area contributed by atoms with E-state index in [2.05, 4.69) is 0 Å². The number of methoxy groups -OCH3 is 1. The Morgan fingerprint density at radius 1 is 1.14 bits per heavy atom. The number of hydrogen-bond donors (Lipinski definition) is 0. The van der Waals surface area contributed by atoms with Gasteiger partial charge in [0.05, 0.1) is 13.4 Å². The third-order valence-electron chi connectivity index (χ3n) is 4.13. The zero-order valence-electron chi connectivity index (χ0n) is 12.9. The third kappa shape index (κ3) is 5.02. The summed E-state index contributed by atoms with van der Waals surface area (Å²) in [6.07, 6.45) is 5.64. The first kappa shape index (κ1) is 16.8. The molecule has 0 heterocycles. The van der Waals surface area contributed by atoms with Crippen molar-refractivity contribution in [2.45, 2.75) is 38.0 Å². The summed E-state index contributed by atoms with van der Waals surface area (Å²) in [5.41, 5.74) is 1.19. The summed E-state index contributed by atoms with van der Waals surface area (Å²) in [5, 5.41) is 0. The highest BCUT2D eigenvalue weighted by Crippen LogP contribution is 2.37. The highest BCUT2D eigenvalue weighted by atomic mass is 32.2. The fraction of sp³-hybridized carbons (Fsp3) is 0.562. The Bertz CT molecular complexity index is 598. The normalized spacial score (nSPS) is 22.1. The molecule has 0 radical (unpaired) electrons. The molecule has 2 rings (SSSR count). The Hall–Kier alpha value is -1.56. The molecule has 1 fully saturated rings. The summed E-state index contributed by atoms with van der Waals surface area (Å²) in [4.78, 5) is 11.3. The minimum Gasteiger partial charge on any atom is -0.469 e.